The fraction of sp³-hybridized carbons (Fsp3) is 0.222. The minimum Gasteiger partial charge on any atom is -0.368 e. The average molecular weight is 484 g/mol. The van der Waals surface area contributed by atoms with Crippen molar-refractivity contribution in [2.45, 2.75) is 33.2 Å². The van der Waals surface area contributed by atoms with Crippen LogP contribution in [-0.4, -0.2) is 32.5 Å². The lowest BCUT2D eigenvalue weighted by atomic mass is 10.1. The molecule has 4 N–H and O–H groups in total. The Bertz CT molecular complexity index is 1510. The van der Waals surface area contributed by atoms with E-state index in [4.69, 9.17) is 10.7 Å². The molecule has 0 spiro atoms. The number of hydrogen-bond donors (Lipinski definition) is 3. The number of carbonyl (C=O) groups excluding carboxylic acids is 1. The molecule has 2 heterocycles. The van der Waals surface area contributed by atoms with Gasteiger partial charge in [-0.2, -0.15) is 4.98 Å². The van der Waals surface area contributed by atoms with E-state index < -0.39 is 6.04 Å². The lowest BCUT2D eigenvalue weighted by molar-refractivity contribution is -0.115. The van der Waals surface area contributed by atoms with E-state index in [0.717, 1.165) is 5.56 Å². The molecule has 0 aliphatic rings. The van der Waals surface area contributed by atoms with Gasteiger partial charge >= 0.3 is 0 Å². The molecule has 9 nitrogen and oxygen atoms in total. The van der Waals surface area contributed by atoms with E-state index in [-0.39, 0.29) is 17.4 Å². The molecule has 0 bridgehead atoms. The number of likely N-dealkylation sites (N-methyl/N-ethyl adjacent to an activating group) is 1. The maximum absolute atomic E-state index is 13.8. The molecule has 0 radical (unpaired) electrons. The first-order valence-electron chi connectivity index (χ1n) is 11.7. The maximum Gasteiger partial charge on any atom is 0.266 e. The molecule has 36 heavy (non-hydrogen) atoms. The predicted molar refractivity (Wildman–Crippen MR) is 143 cm³/mol. The Labute approximate surface area is 209 Å². The number of nitrogens with two attached hydrogens (primary N) is 1. The summed E-state index contributed by atoms with van der Waals surface area (Å²) in [6, 6.07) is 14.7. The quantitative estimate of drug-likeness (QED) is 0.342. The van der Waals surface area contributed by atoms with E-state index in [0.29, 0.717) is 45.9 Å². The standard InChI is InChI=1S/C27H29N7O2/c1-5-20(31-24-19(14-15-22(35)29-4)17(3)30-27(28)33-24)25-32-21-13-9-10-16(2)23(21)26(36)34(25)18-11-7-6-8-12-18/h6-15,20H,5H2,1-4H3,(H,29,35)(H3,28,30,31,33). The van der Waals surface area contributed by atoms with Gasteiger partial charge in [0.2, 0.25) is 11.9 Å². The van der Waals surface area contributed by atoms with Crippen LogP contribution in [-0.2, 0) is 4.79 Å². The van der Waals surface area contributed by atoms with Crippen LogP contribution in [0.2, 0.25) is 0 Å². The lowest BCUT2D eigenvalue weighted by Crippen LogP contribution is -2.29. The Morgan fingerprint density at radius 2 is 1.83 bits per heavy atom. The molecule has 9 heteroatoms. The number of para-hydroxylation sites is 1. The highest BCUT2D eigenvalue weighted by atomic mass is 16.1. The van der Waals surface area contributed by atoms with Crippen LogP contribution < -0.4 is 21.9 Å². The van der Waals surface area contributed by atoms with Crippen molar-refractivity contribution < 1.29 is 4.79 Å². The largest absolute Gasteiger partial charge is 0.368 e. The molecular weight excluding hydrogens is 454 g/mol. The monoisotopic (exact) mass is 483 g/mol. The maximum atomic E-state index is 13.8. The van der Waals surface area contributed by atoms with Gasteiger partial charge in [0, 0.05) is 18.7 Å². The Balaban J connectivity index is 1.92. The average Bonchev–Trinajstić information content (AvgIpc) is 2.86. The number of carbonyl (C=O) groups is 1. The normalized spacial score (nSPS) is 12.1. The minimum absolute atomic E-state index is 0.101. The van der Waals surface area contributed by atoms with E-state index in [1.165, 1.54) is 6.08 Å². The van der Waals surface area contributed by atoms with Crippen molar-refractivity contribution in [3.8, 4) is 5.69 Å². The molecule has 184 valence electrons. The Kier molecular flexibility index (Phi) is 7.10. The molecule has 0 saturated carbocycles. The van der Waals surface area contributed by atoms with Crippen molar-refractivity contribution >= 4 is 34.7 Å². The number of nitrogen functional groups attached to an aromatic ring is 1. The van der Waals surface area contributed by atoms with E-state index in [2.05, 4.69) is 20.6 Å². The minimum atomic E-state index is -0.399. The van der Waals surface area contributed by atoms with Crippen molar-refractivity contribution in [1.29, 1.82) is 0 Å². The number of amides is 1. The molecule has 0 aliphatic heterocycles. The third-order valence-corrected chi connectivity index (χ3v) is 5.98. The SMILES string of the molecule is CCC(Nc1nc(N)nc(C)c1C=CC(=O)NC)c1nc2cccc(C)c2c(=O)n1-c1ccccc1. The molecule has 4 aromatic rings. The molecule has 0 aliphatic carbocycles. The number of aromatic nitrogens is 4. The van der Waals surface area contributed by atoms with Gasteiger partial charge in [0.25, 0.3) is 5.56 Å². The smallest absolute Gasteiger partial charge is 0.266 e. The highest BCUT2D eigenvalue weighted by Crippen LogP contribution is 2.28. The molecule has 2 aromatic carbocycles. The van der Waals surface area contributed by atoms with Crippen LogP contribution in [0.1, 0.15) is 42.0 Å². The number of hydrogen-bond acceptors (Lipinski definition) is 7. The number of rotatable bonds is 7. The fourth-order valence-electron chi connectivity index (χ4n) is 4.14. The second kappa shape index (κ2) is 10.4. The first-order chi connectivity index (χ1) is 17.3. The number of anilines is 2. The van der Waals surface area contributed by atoms with Gasteiger partial charge in [-0.3, -0.25) is 14.2 Å². The topological polar surface area (TPSA) is 128 Å². The zero-order chi connectivity index (χ0) is 25.8. The highest BCUT2D eigenvalue weighted by Gasteiger charge is 2.22. The van der Waals surface area contributed by atoms with Gasteiger partial charge in [-0.15, -0.1) is 0 Å². The van der Waals surface area contributed by atoms with Crippen LogP contribution in [0.5, 0.6) is 0 Å². The second-order valence-electron chi connectivity index (χ2n) is 8.40. The summed E-state index contributed by atoms with van der Waals surface area (Å²) >= 11 is 0. The van der Waals surface area contributed by atoms with Crippen molar-refractivity contribution in [3.63, 3.8) is 0 Å². The molecule has 4 rings (SSSR count). The number of benzene rings is 2. The second-order valence-corrected chi connectivity index (χ2v) is 8.40. The Morgan fingerprint density at radius 3 is 2.53 bits per heavy atom. The van der Waals surface area contributed by atoms with E-state index in [9.17, 15) is 9.59 Å². The van der Waals surface area contributed by atoms with Gasteiger partial charge in [-0.25, -0.2) is 9.97 Å². The molecule has 1 unspecified atom stereocenters. The van der Waals surface area contributed by atoms with Gasteiger partial charge in [-0.1, -0.05) is 37.3 Å². The summed E-state index contributed by atoms with van der Waals surface area (Å²) in [7, 11) is 1.56. The molecule has 0 saturated heterocycles. The van der Waals surface area contributed by atoms with Crippen LogP contribution in [0.3, 0.4) is 0 Å². The molecule has 2 aromatic heterocycles. The molecule has 0 fully saturated rings. The van der Waals surface area contributed by atoms with E-state index >= 15 is 0 Å². The Hall–Kier alpha value is -4.53. The summed E-state index contributed by atoms with van der Waals surface area (Å²) in [5.41, 5.74) is 9.27. The number of nitrogens with zero attached hydrogens (tertiary/aromatic N) is 4. The highest BCUT2D eigenvalue weighted by molar-refractivity contribution is 5.92. The summed E-state index contributed by atoms with van der Waals surface area (Å²) in [5, 5.41) is 6.55. The van der Waals surface area contributed by atoms with Crippen LogP contribution in [0.4, 0.5) is 11.8 Å². The summed E-state index contributed by atoms with van der Waals surface area (Å²) < 4.78 is 1.65. The first kappa shape index (κ1) is 24.6. The fourth-order valence-corrected chi connectivity index (χ4v) is 4.14. The van der Waals surface area contributed by atoms with Crippen molar-refractivity contribution in [2.75, 3.05) is 18.1 Å². The zero-order valence-electron chi connectivity index (χ0n) is 20.7. The predicted octanol–water partition coefficient (Wildman–Crippen LogP) is 3.70. The zero-order valence-corrected chi connectivity index (χ0v) is 20.7. The molecule has 1 amide bonds. The van der Waals surface area contributed by atoms with Crippen molar-refractivity contribution in [3.05, 3.63) is 87.6 Å². The van der Waals surface area contributed by atoms with Crippen LogP contribution >= 0.6 is 0 Å². The van der Waals surface area contributed by atoms with Crippen LogP contribution in [0.15, 0.2) is 59.4 Å². The number of fused-ring (bicyclic) bond motifs is 1. The molecule has 1 atom stereocenters. The van der Waals surface area contributed by atoms with E-state index in [1.54, 1.807) is 24.6 Å². The van der Waals surface area contributed by atoms with Gasteiger partial charge in [0.05, 0.1) is 28.3 Å². The third-order valence-electron chi connectivity index (χ3n) is 5.98. The van der Waals surface area contributed by atoms with Crippen molar-refractivity contribution in [2.24, 2.45) is 0 Å². The summed E-state index contributed by atoms with van der Waals surface area (Å²) in [4.78, 5) is 39.3. The summed E-state index contributed by atoms with van der Waals surface area (Å²) in [5.74, 6) is 0.839. The Morgan fingerprint density at radius 1 is 1.08 bits per heavy atom. The summed E-state index contributed by atoms with van der Waals surface area (Å²) in [6.07, 6.45) is 3.65. The first-order valence-corrected chi connectivity index (χ1v) is 11.7. The lowest BCUT2D eigenvalue weighted by Gasteiger charge is -2.23. The van der Waals surface area contributed by atoms with Gasteiger partial charge in [0.15, 0.2) is 0 Å². The van der Waals surface area contributed by atoms with Crippen LogP contribution in [0, 0.1) is 13.8 Å². The van der Waals surface area contributed by atoms with Crippen LogP contribution in [0.25, 0.3) is 22.7 Å². The van der Waals surface area contributed by atoms with Gasteiger partial charge < -0.3 is 16.4 Å². The molecular formula is C27H29N7O2. The number of nitrogens with one attached hydrogen (secondary N) is 2. The third kappa shape index (κ3) is 4.81. The van der Waals surface area contributed by atoms with Gasteiger partial charge in [0.1, 0.15) is 11.6 Å². The van der Waals surface area contributed by atoms with Gasteiger partial charge in [-0.05, 0) is 50.1 Å². The van der Waals surface area contributed by atoms with E-state index in [1.807, 2.05) is 62.4 Å². The van der Waals surface area contributed by atoms with Crippen molar-refractivity contribution in [1.82, 2.24) is 24.8 Å². The number of aryl methyl sites for hydroxylation is 2. The summed E-state index contributed by atoms with van der Waals surface area (Å²) in [6.45, 7) is 5.70.